The SMILES string of the molecule is Cc1c2c(nn1CC1(C)CC(=O)C3=C(C1)Nc1n[nH]c(C(F)(F)F)c1C3(C)c1cccnc1)NC1=C(C(=O)CC(C)(C)C1)C2(c1ccccc1)C(F)(F)F. The van der Waals surface area contributed by atoms with Crippen LogP contribution in [-0.4, -0.2) is 42.7 Å². The van der Waals surface area contributed by atoms with E-state index in [9.17, 15) is 22.8 Å². The van der Waals surface area contributed by atoms with Gasteiger partial charge < -0.3 is 10.6 Å². The molecule has 0 saturated heterocycles. The number of fused-ring (bicyclic) bond motifs is 2. The highest BCUT2D eigenvalue weighted by Gasteiger charge is 2.66. The molecule has 4 aliphatic rings. The number of anilines is 2. The molecule has 3 unspecified atom stereocenters. The number of ketones is 2. The van der Waals surface area contributed by atoms with Gasteiger partial charge in [-0.1, -0.05) is 57.2 Å². The minimum atomic E-state index is -4.95. The van der Waals surface area contributed by atoms with E-state index in [0.29, 0.717) is 11.3 Å². The first-order chi connectivity index (χ1) is 25.2. The molecule has 9 nitrogen and oxygen atoms in total. The second-order valence-electron chi connectivity index (χ2n) is 16.3. The minimum Gasteiger partial charge on any atom is -0.342 e. The first kappa shape index (κ1) is 35.8. The number of carbonyl (C=O) groups is 2. The van der Waals surface area contributed by atoms with Crippen LogP contribution in [0, 0.1) is 17.8 Å². The van der Waals surface area contributed by atoms with Crippen molar-refractivity contribution in [3.63, 3.8) is 0 Å². The van der Waals surface area contributed by atoms with Gasteiger partial charge in [0.05, 0.1) is 5.41 Å². The number of H-pyrrole nitrogens is 1. The number of Topliss-reactive ketones (excluding diaryl/α,β-unsaturated/α-hetero) is 2. The van der Waals surface area contributed by atoms with Gasteiger partial charge in [0, 0.05) is 71.1 Å². The second kappa shape index (κ2) is 11.4. The van der Waals surface area contributed by atoms with Crippen LogP contribution in [0.5, 0.6) is 0 Å². The van der Waals surface area contributed by atoms with E-state index in [0.717, 1.165) is 0 Å². The number of nitrogens with zero attached hydrogens (tertiary/aromatic N) is 4. The summed E-state index contributed by atoms with van der Waals surface area (Å²) in [4.78, 5) is 32.5. The lowest BCUT2D eigenvalue weighted by molar-refractivity contribution is -0.171. The molecule has 2 aliphatic carbocycles. The van der Waals surface area contributed by atoms with Crippen molar-refractivity contribution < 1.29 is 35.9 Å². The van der Waals surface area contributed by atoms with Crippen LogP contribution < -0.4 is 10.6 Å². The number of hydrogen-bond donors (Lipinski definition) is 3. The molecule has 8 rings (SSSR count). The van der Waals surface area contributed by atoms with Crippen LogP contribution in [0.15, 0.2) is 77.4 Å². The smallest absolute Gasteiger partial charge is 0.342 e. The highest BCUT2D eigenvalue weighted by molar-refractivity contribution is 6.04. The van der Waals surface area contributed by atoms with Crippen molar-refractivity contribution in [2.45, 2.75) is 90.0 Å². The summed E-state index contributed by atoms with van der Waals surface area (Å²) in [5, 5.41) is 17.0. The Morgan fingerprint density at radius 3 is 2.07 bits per heavy atom. The Morgan fingerprint density at radius 2 is 1.43 bits per heavy atom. The summed E-state index contributed by atoms with van der Waals surface area (Å²) in [5.74, 6) is -1.13. The van der Waals surface area contributed by atoms with Crippen LogP contribution in [0.1, 0.15) is 87.0 Å². The average molecular weight is 750 g/mol. The lowest BCUT2D eigenvalue weighted by Crippen LogP contribution is -2.52. The van der Waals surface area contributed by atoms with Gasteiger partial charge in [0.2, 0.25) is 0 Å². The predicted molar refractivity (Wildman–Crippen MR) is 186 cm³/mol. The summed E-state index contributed by atoms with van der Waals surface area (Å²) >= 11 is 0. The fourth-order valence-electron chi connectivity index (χ4n) is 9.51. The number of benzene rings is 1. The topological polar surface area (TPSA) is 118 Å². The van der Waals surface area contributed by atoms with Gasteiger partial charge in [-0.15, -0.1) is 0 Å². The second-order valence-corrected chi connectivity index (χ2v) is 16.3. The summed E-state index contributed by atoms with van der Waals surface area (Å²) in [6, 6.07) is 10.6. The molecule has 3 atom stereocenters. The number of allylic oxidation sites excluding steroid dienone is 4. The van der Waals surface area contributed by atoms with Gasteiger partial charge in [-0.2, -0.15) is 36.5 Å². The van der Waals surface area contributed by atoms with E-state index in [1.807, 2.05) is 13.8 Å². The molecule has 0 radical (unpaired) electrons. The number of aromatic nitrogens is 5. The third-order valence-corrected chi connectivity index (χ3v) is 11.6. The molecular weight excluding hydrogens is 712 g/mol. The van der Waals surface area contributed by atoms with Crippen molar-refractivity contribution in [3.05, 3.63) is 111 Å². The summed E-state index contributed by atoms with van der Waals surface area (Å²) in [6.07, 6.45) is -6.72. The quantitative estimate of drug-likeness (QED) is 0.180. The molecule has 2 aliphatic heterocycles. The van der Waals surface area contributed by atoms with Crippen LogP contribution in [0.2, 0.25) is 0 Å². The number of hydrogen-bond acceptors (Lipinski definition) is 7. The van der Waals surface area contributed by atoms with E-state index in [4.69, 9.17) is 5.10 Å². The summed E-state index contributed by atoms with van der Waals surface area (Å²) in [5.41, 5.74) is -6.68. The van der Waals surface area contributed by atoms with E-state index in [2.05, 4.69) is 25.8 Å². The third-order valence-electron chi connectivity index (χ3n) is 11.6. The predicted octanol–water partition coefficient (Wildman–Crippen LogP) is 8.30. The minimum absolute atomic E-state index is 0.0185. The molecule has 1 aromatic carbocycles. The van der Waals surface area contributed by atoms with E-state index >= 15 is 13.2 Å². The highest BCUT2D eigenvalue weighted by atomic mass is 19.4. The van der Waals surface area contributed by atoms with E-state index in [1.165, 1.54) is 48.3 Å². The zero-order valence-electron chi connectivity index (χ0n) is 30.1. The molecule has 0 saturated carbocycles. The number of alkyl halides is 6. The Morgan fingerprint density at radius 1 is 0.778 bits per heavy atom. The van der Waals surface area contributed by atoms with Gasteiger partial charge in [-0.3, -0.25) is 24.4 Å². The highest BCUT2D eigenvalue weighted by Crippen LogP contribution is 2.61. The monoisotopic (exact) mass is 749 g/mol. The van der Waals surface area contributed by atoms with Gasteiger partial charge in [0.25, 0.3) is 0 Å². The summed E-state index contributed by atoms with van der Waals surface area (Å²) in [7, 11) is 0. The van der Waals surface area contributed by atoms with Gasteiger partial charge in [-0.05, 0) is 54.7 Å². The molecule has 54 heavy (non-hydrogen) atoms. The first-order valence-corrected chi connectivity index (χ1v) is 17.6. The molecule has 0 amide bonds. The molecule has 15 heteroatoms. The van der Waals surface area contributed by atoms with Crippen molar-refractivity contribution in [1.29, 1.82) is 0 Å². The lowest BCUT2D eigenvalue weighted by atomic mass is 9.60. The standard InChI is InChI=1S/C39H37F6N7O2/c1-20-27-33(48-23-14-34(2,3)16-25(53)29(23)37(27,39(43,44)45)21-10-7-6-8-11-21)51-52(20)19-35(4)15-24-28(26(54)17-35)36(5,22-12-9-13-46-18-22)30-31(38(40,41)42)49-50-32(30)47-24/h6-13,18H,14-17,19H2,1-5H3,(H,48,51)(H2,47,49,50). The Hall–Kier alpha value is -5.21. The summed E-state index contributed by atoms with van der Waals surface area (Å²) < 4.78 is 92.8. The number of nitrogens with one attached hydrogen (secondary N) is 3. The molecule has 4 aromatic rings. The molecule has 3 aromatic heterocycles. The number of rotatable bonds is 4. The lowest BCUT2D eigenvalue weighted by Gasteiger charge is -2.46. The number of pyridine rings is 1. The fourth-order valence-corrected chi connectivity index (χ4v) is 9.51. The van der Waals surface area contributed by atoms with Crippen molar-refractivity contribution >= 4 is 23.2 Å². The van der Waals surface area contributed by atoms with Crippen LogP contribution >= 0.6 is 0 Å². The van der Waals surface area contributed by atoms with Crippen molar-refractivity contribution in [1.82, 2.24) is 25.0 Å². The maximum absolute atomic E-state index is 16.1. The molecule has 5 heterocycles. The fraction of sp³-hybridized carbons (Fsp3) is 0.410. The van der Waals surface area contributed by atoms with Crippen molar-refractivity contribution in [2.24, 2.45) is 10.8 Å². The molecule has 3 N–H and O–H groups in total. The van der Waals surface area contributed by atoms with Gasteiger partial charge in [0.1, 0.15) is 5.69 Å². The Bertz CT molecular complexity index is 2300. The van der Waals surface area contributed by atoms with Crippen LogP contribution in [0.3, 0.4) is 0 Å². The van der Waals surface area contributed by atoms with Gasteiger partial charge in [-0.25, -0.2) is 0 Å². The number of halogens is 6. The molecule has 0 fully saturated rings. The maximum Gasteiger partial charge on any atom is 0.433 e. The third kappa shape index (κ3) is 5.02. The Labute approximate surface area is 306 Å². The summed E-state index contributed by atoms with van der Waals surface area (Å²) in [6.45, 7) is 8.55. The van der Waals surface area contributed by atoms with E-state index in [1.54, 1.807) is 32.0 Å². The molecule has 0 bridgehead atoms. The zero-order valence-corrected chi connectivity index (χ0v) is 30.1. The largest absolute Gasteiger partial charge is 0.433 e. The van der Waals surface area contributed by atoms with Crippen LogP contribution in [-0.2, 0) is 33.1 Å². The normalized spacial score (nSPS) is 26.4. The van der Waals surface area contributed by atoms with E-state index in [-0.39, 0.29) is 83.1 Å². The first-order valence-electron chi connectivity index (χ1n) is 17.6. The number of aromatic amines is 1. The molecule has 282 valence electrons. The van der Waals surface area contributed by atoms with Crippen molar-refractivity contribution in [2.75, 3.05) is 10.6 Å². The van der Waals surface area contributed by atoms with Crippen LogP contribution in [0.25, 0.3) is 0 Å². The maximum atomic E-state index is 16.1. The van der Waals surface area contributed by atoms with Gasteiger partial charge in [0.15, 0.2) is 28.6 Å². The Kier molecular flexibility index (Phi) is 7.56. The van der Waals surface area contributed by atoms with Crippen molar-refractivity contribution in [3.8, 4) is 0 Å². The van der Waals surface area contributed by atoms with Crippen LogP contribution in [0.4, 0.5) is 38.0 Å². The number of carbonyl (C=O) groups excluding carboxylic acids is 2. The molecule has 0 spiro atoms. The average Bonchev–Trinajstić information content (AvgIpc) is 3.64. The van der Waals surface area contributed by atoms with Gasteiger partial charge >= 0.3 is 12.4 Å². The molecular formula is C39H37F6N7O2. The zero-order chi connectivity index (χ0) is 38.8. The Balaban J connectivity index is 1.25. The van der Waals surface area contributed by atoms with E-state index < -0.39 is 51.3 Å².